The summed E-state index contributed by atoms with van der Waals surface area (Å²) in [6.07, 6.45) is 0.686. The highest BCUT2D eigenvalue weighted by Crippen LogP contribution is 2.19. The van der Waals surface area contributed by atoms with Crippen LogP contribution in [0.25, 0.3) is 11.4 Å². The van der Waals surface area contributed by atoms with Gasteiger partial charge in [-0.25, -0.2) is 0 Å². The maximum Gasteiger partial charge on any atom is 0.227 e. The van der Waals surface area contributed by atoms with Gasteiger partial charge in [0.1, 0.15) is 0 Å². The summed E-state index contributed by atoms with van der Waals surface area (Å²) in [5, 5.41) is 7.59. The number of nitrogens with zero attached hydrogens (tertiary/aromatic N) is 2. The normalized spacial score (nSPS) is 12.0. The standard InChI is InChI=1S/C20H20ClN3O2/c1-13-3-5-15(6-4-13)14(2)22-18(25)11-12-19-23-20(24-26-19)16-7-9-17(21)10-8-16/h3-10,14H,11-12H2,1-2H3,(H,22,25). The molecule has 1 unspecified atom stereocenters. The van der Waals surface area contributed by atoms with Gasteiger partial charge in [-0.2, -0.15) is 4.98 Å². The first-order valence-corrected chi connectivity index (χ1v) is 8.83. The van der Waals surface area contributed by atoms with Crippen LogP contribution < -0.4 is 5.32 Å². The molecule has 0 aliphatic carbocycles. The molecule has 3 aromatic rings. The van der Waals surface area contributed by atoms with Crippen molar-refractivity contribution in [1.29, 1.82) is 0 Å². The van der Waals surface area contributed by atoms with E-state index in [1.165, 1.54) is 5.56 Å². The average molecular weight is 370 g/mol. The van der Waals surface area contributed by atoms with Crippen LogP contribution in [0.5, 0.6) is 0 Å². The zero-order chi connectivity index (χ0) is 18.5. The van der Waals surface area contributed by atoms with Gasteiger partial charge >= 0.3 is 0 Å². The van der Waals surface area contributed by atoms with Gasteiger partial charge in [0.25, 0.3) is 0 Å². The van der Waals surface area contributed by atoms with Crippen molar-refractivity contribution in [2.24, 2.45) is 0 Å². The summed E-state index contributed by atoms with van der Waals surface area (Å²) in [5.74, 6) is 0.877. The Hall–Kier alpha value is -2.66. The number of rotatable bonds is 6. The van der Waals surface area contributed by atoms with Crippen molar-refractivity contribution in [3.8, 4) is 11.4 Å². The molecule has 1 heterocycles. The maximum atomic E-state index is 12.2. The van der Waals surface area contributed by atoms with Crippen LogP contribution in [0.1, 0.15) is 36.4 Å². The van der Waals surface area contributed by atoms with E-state index in [1.807, 2.05) is 50.2 Å². The molecule has 0 saturated carbocycles. The lowest BCUT2D eigenvalue weighted by Gasteiger charge is -2.14. The Morgan fingerprint density at radius 3 is 2.54 bits per heavy atom. The Labute approximate surface area is 157 Å². The topological polar surface area (TPSA) is 68.0 Å². The molecule has 26 heavy (non-hydrogen) atoms. The molecule has 0 spiro atoms. The van der Waals surface area contributed by atoms with Crippen LogP contribution in [0.15, 0.2) is 53.1 Å². The van der Waals surface area contributed by atoms with E-state index < -0.39 is 0 Å². The summed E-state index contributed by atoms with van der Waals surface area (Å²) in [7, 11) is 0. The van der Waals surface area contributed by atoms with Crippen molar-refractivity contribution in [2.75, 3.05) is 0 Å². The van der Waals surface area contributed by atoms with Gasteiger partial charge in [0.15, 0.2) is 0 Å². The number of carbonyl (C=O) groups is 1. The molecule has 0 saturated heterocycles. The first kappa shape index (κ1) is 18.1. The predicted octanol–water partition coefficient (Wildman–Crippen LogP) is 4.51. The molecule has 6 heteroatoms. The third-order valence-electron chi connectivity index (χ3n) is 4.09. The van der Waals surface area contributed by atoms with Crippen LogP contribution in [-0.4, -0.2) is 16.0 Å². The fourth-order valence-electron chi connectivity index (χ4n) is 2.55. The number of amides is 1. The molecular formula is C20H20ClN3O2. The van der Waals surface area contributed by atoms with E-state index in [9.17, 15) is 4.79 Å². The molecule has 2 aromatic carbocycles. The minimum Gasteiger partial charge on any atom is -0.350 e. The Kier molecular flexibility index (Phi) is 5.68. The summed E-state index contributed by atoms with van der Waals surface area (Å²) in [5.41, 5.74) is 3.09. The molecule has 0 radical (unpaired) electrons. The number of hydrogen-bond acceptors (Lipinski definition) is 4. The second-order valence-corrected chi connectivity index (χ2v) is 6.65. The van der Waals surface area contributed by atoms with Crippen molar-refractivity contribution in [2.45, 2.75) is 32.7 Å². The minimum absolute atomic E-state index is 0.0459. The molecule has 0 bridgehead atoms. The van der Waals surface area contributed by atoms with Crippen LogP contribution in [0.2, 0.25) is 5.02 Å². The number of aromatic nitrogens is 2. The highest BCUT2D eigenvalue weighted by Gasteiger charge is 2.13. The molecular weight excluding hydrogens is 350 g/mol. The molecule has 0 aliphatic heterocycles. The van der Waals surface area contributed by atoms with E-state index in [2.05, 4.69) is 15.5 Å². The largest absolute Gasteiger partial charge is 0.350 e. The second-order valence-electron chi connectivity index (χ2n) is 6.22. The third-order valence-corrected chi connectivity index (χ3v) is 4.34. The van der Waals surface area contributed by atoms with Gasteiger partial charge in [0, 0.05) is 23.4 Å². The van der Waals surface area contributed by atoms with Gasteiger partial charge in [-0.1, -0.05) is 46.6 Å². The lowest BCUT2D eigenvalue weighted by molar-refractivity contribution is -0.121. The van der Waals surface area contributed by atoms with Crippen LogP contribution in [0.4, 0.5) is 0 Å². The smallest absolute Gasteiger partial charge is 0.227 e. The van der Waals surface area contributed by atoms with Gasteiger partial charge in [0.2, 0.25) is 17.6 Å². The molecule has 1 atom stereocenters. The summed E-state index contributed by atoms with van der Waals surface area (Å²) < 4.78 is 5.23. The number of carbonyl (C=O) groups excluding carboxylic acids is 1. The molecule has 134 valence electrons. The highest BCUT2D eigenvalue weighted by atomic mass is 35.5. The average Bonchev–Trinajstić information content (AvgIpc) is 3.10. The van der Waals surface area contributed by atoms with Gasteiger partial charge in [-0.05, 0) is 43.7 Å². The lowest BCUT2D eigenvalue weighted by Crippen LogP contribution is -2.26. The molecule has 3 rings (SSSR count). The predicted molar refractivity (Wildman–Crippen MR) is 101 cm³/mol. The third kappa shape index (κ3) is 4.70. The van der Waals surface area contributed by atoms with E-state index in [-0.39, 0.29) is 11.9 Å². The number of benzene rings is 2. The van der Waals surface area contributed by atoms with E-state index in [4.69, 9.17) is 16.1 Å². The fourth-order valence-corrected chi connectivity index (χ4v) is 2.67. The number of aryl methyl sites for hydroxylation is 2. The van der Waals surface area contributed by atoms with E-state index in [1.54, 1.807) is 12.1 Å². The van der Waals surface area contributed by atoms with Crippen LogP contribution >= 0.6 is 11.6 Å². The minimum atomic E-state index is -0.0516. The number of hydrogen-bond donors (Lipinski definition) is 1. The molecule has 5 nitrogen and oxygen atoms in total. The monoisotopic (exact) mass is 369 g/mol. The van der Waals surface area contributed by atoms with E-state index in [0.29, 0.717) is 29.6 Å². The molecule has 1 aromatic heterocycles. The molecule has 0 aliphatic rings. The van der Waals surface area contributed by atoms with Crippen molar-refractivity contribution in [1.82, 2.24) is 15.5 Å². The molecule has 1 amide bonds. The highest BCUT2D eigenvalue weighted by molar-refractivity contribution is 6.30. The van der Waals surface area contributed by atoms with Gasteiger partial charge < -0.3 is 9.84 Å². The van der Waals surface area contributed by atoms with Crippen molar-refractivity contribution in [3.05, 3.63) is 70.6 Å². The first-order chi connectivity index (χ1) is 12.5. The number of halogens is 1. The Balaban J connectivity index is 1.53. The number of nitrogens with one attached hydrogen (secondary N) is 1. The van der Waals surface area contributed by atoms with Gasteiger partial charge in [-0.3, -0.25) is 4.79 Å². The SMILES string of the molecule is Cc1ccc(C(C)NC(=O)CCc2nc(-c3ccc(Cl)cc3)no2)cc1. The van der Waals surface area contributed by atoms with Crippen molar-refractivity contribution < 1.29 is 9.32 Å². The van der Waals surface area contributed by atoms with Crippen LogP contribution in [0, 0.1) is 6.92 Å². The Bertz CT molecular complexity index is 873. The zero-order valence-corrected chi connectivity index (χ0v) is 15.5. The van der Waals surface area contributed by atoms with E-state index in [0.717, 1.165) is 11.1 Å². The van der Waals surface area contributed by atoms with Crippen molar-refractivity contribution in [3.63, 3.8) is 0 Å². The summed E-state index contributed by atoms with van der Waals surface area (Å²) >= 11 is 5.87. The summed E-state index contributed by atoms with van der Waals surface area (Å²) in [4.78, 5) is 16.5. The zero-order valence-electron chi connectivity index (χ0n) is 14.7. The Morgan fingerprint density at radius 2 is 1.85 bits per heavy atom. The van der Waals surface area contributed by atoms with Crippen molar-refractivity contribution >= 4 is 17.5 Å². The second kappa shape index (κ2) is 8.15. The van der Waals surface area contributed by atoms with Gasteiger partial charge in [-0.15, -0.1) is 0 Å². The Morgan fingerprint density at radius 1 is 1.15 bits per heavy atom. The summed E-state index contributed by atoms with van der Waals surface area (Å²) in [6, 6.07) is 15.3. The van der Waals surface area contributed by atoms with Crippen LogP contribution in [0.3, 0.4) is 0 Å². The quantitative estimate of drug-likeness (QED) is 0.694. The van der Waals surface area contributed by atoms with Gasteiger partial charge in [0.05, 0.1) is 6.04 Å². The lowest BCUT2D eigenvalue weighted by atomic mass is 10.1. The van der Waals surface area contributed by atoms with E-state index >= 15 is 0 Å². The summed E-state index contributed by atoms with van der Waals surface area (Å²) in [6.45, 7) is 4.00. The molecule has 0 fully saturated rings. The molecule has 1 N–H and O–H groups in total. The van der Waals surface area contributed by atoms with Crippen LogP contribution in [-0.2, 0) is 11.2 Å². The fraction of sp³-hybridized carbons (Fsp3) is 0.250. The first-order valence-electron chi connectivity index (χ1n) is 8.46. The maximum absolute atomic E-state index is 12.2.